The van der Waals surface area contributed by atoms with Crippen LogP contribution in [0.3, 0.4) is 0 Å². The van der Waals surface area contributed by atoms with E-state index >= 15 is 0 Å². The standard InChI is InChI=1S/C13H27N3O2.ClH/c1-6-13(14,7-2)9-16-10(17)8-15-11(18)12(3,4)5;/h6-9,14H2,1-5H3,(H,15,18)(H,16,17);1H. The van der Waals surface area contributed by atoms with E-state index in [1.54, 1.807) is 20.8 Å². The molecule has 0 fully saturated rings. The zero-order chi connectivity index (χ0) is 14.4. The Hall–Kier alpha value is -0.810. The molecule has 0 aliphatic heterocycles. The Balaban J connectivity index is 0. The molecule has 2 amide bonds. The first-order valence-electron chi connectivity index (χ1n) is 6.48. The van der Waals surface area contributed by atoms with Crippen molar-refractivity contribution in [3.05, 3.63) is 0 Å². The van der Waals surface area contributed by atoms with Crippen molar-refractivity contribution >= 4 is 24.2 Å². The molecule has 0 aliphatic rings. The largest absolute Gasteiger partial charge is 0.353 e. The molecular weight excluding hydrogens is 266 g/mol. The summed E-state index contributed by atoms with van der Waals surface area (Å²) in [5.41, 5.74) is 5.23. The molecule has 0 radical (unpaired) electrons. The predicted octanol–water partition coefficient (Wildman–Crippen LogP) is 1.20. The maximum absolute atomic E-state index is 11.6. The summed E-state index contributed by atoms with van der Waals surface area (Å²) in [6.07, 6.45) is 1.61. The summed E-state index contributed by atoms with van der Waals surface area (Å²) in [4.78, 5) is 23.1. The summed E-state index contributed by atoms with van der Waals surface area (Å²) in [5, 5.41) is 5.36. The van der Waals surface area contributed by atoms with Gasteiger partial charge in [0, 0.05) is 17.5 Å². The molecule has 0 aromatic rings. The number of nitrogens with one attached hydrogen (secondary N) is 2. The molecule has 0 unspecified atom stereocenters. The van der Waals surface area contributed by atoms with Gasteiger partial charge < -0.3 is 16.4 Å². The van der Waals surface area contributed by atoms with Crippen molar-refractivity contribution in [2.24, 2.45) is 11.1 Å². The highest BCUT2D eigenvalue weighted by Gasteiger charge is 2.23. The first kappa shape index (κ1) is 20.5. The lowest BCUT2D eigenvalue weighted by atomic mass is 9.94. The van der Waals surface area contributed by atoms with Gasteiger partial charge in [-0.25, -0.2) is 0 Å². The second kappa shape index (κ2) is 8.38. The Morgan fingerprint density at radius 1 is 1.05 bits per heavy atom. The third-order valence-electron chi connectivity index (χ3n) is 3.14. The van der Waals surface area contributed by atoms with E-state index in [4.69, 9.17) is 5.73 Å². The van der Waals surface area contributed by atoms with Gasteiger partial charge >= 0.3 is 0 Å². The molecule has 0 rings (SSSR count). The highest BCUT2D eigenvalue weighted by atomic mass is 35.5. The van der Waals surface area contributed by atoms with E-state index in [0.717, 1.165) is 12.8 Å². The van der Waals surface area contributed by atoms with Crippen LogP contribution >= 0.6 is 12.4 Å². The monoisotopic (exact) mass is 293 g/mol. The Bertz CT molecular complexity index is 297. The van der Waals surface area contributed by atoms with E-state index in [1.165, 1.54) is 0 Å². The number of nitrogens with two attached hydrogens (primary N) is 1. The van der Waals surface area contributed by atoms with Crippen LogP contribution in [0.25, 0.3) is 0 Å². The van der Waals surface area contributed by atoms with Gasteiger partial charge in [0.15, 0.2) is 0 Å². The summed E-state index contributed by atoms with van der Waals surface area (Å²) < 4.78 is 0. The summed E-state index contributed by atoms with van der Waals surface area (Å²) in [6.45, 7) is 9.84. The highest BCUT2D eigenvalue weighted by Crippen LogP contribution is 2.12. The molecule has 0 heterocycles. The number of carbonyl (C=O) groups excluding carboxylic acids is 2. The van der Waals surface area contributed by atoms with E-state index in [-0.39, 0.29) is 36.3 Å². The summed E-state index contributed by atoms with van der Waals surface area (Å²) in [5.74, 6) is -0.341. The van der Waals surface area contributed by atoms with Crippen molar-refractivity contribution in [1.29, 1.82) is 0 Å². The van der Waals surface area contributed by atoms with Gasteiger partial charge in [-0.3, -0.25) is 9.59 Å². The lowest BCUT2D eigenvalue weighted by molar-refractivity contribution is -0.131. The van der Waals surface area contributed by atoms with Gasteiger partial charge in [0.1, 0.15) is 0 Å². The minimum Gasteiger partial charge on any atom is -0.353 e. The molecule has 0 aromatic heterocycles. The Labute approximate surface area is 122 Å². The smallest absolute Gasteiger partial charge is 0.239 e. The number of amides is 2. The number of hydrogen-bond acceptors (Lipinski definition) is 3. The van der Waals surface area contributed by atoms with Crippen LogP contribution in [-0.2, 0) is 9.59 Å². The van der Waals surface area contributed by atoms with Crippen molar-refractivity contribution in [1.82, 2.24) is 10.6 Å². The van der Waals surface area contributed by atoms with Crippen molar-refractivity contribution in [3.63, 3.8) is 0 Å². The highest BCUT2D eigenvalue weighted by molar-refractivity contribution is 5.87. The Morgan fingerprint density at radius 3 is 1.89 bits per heavy atom. The molecule has 5 nitrogen and oxygen atoms in total. The van der Waals surface area contributed by atoms with Gasteiger partial charge in [-0.05, 0) is 12.8 Å². The topological polar surface area (TPSA) is 84.2 Å². The van der Waals surface area contributed by atoms with Crippen LogP contribution in [0.4, 0.5) is 0 Å². The number of carbonyl (C=O) groups is 2. The molecule has 6 heteroatoms. The first-order valence-corrected chi connectivity index (χ1v) is 6.48. The molecule has 0 spiro atoms. The fourth-order valence-electron chi connectivity index (χ4n) is 1.26. The number of hydrogen-bond donors (Lipinski definition) is 3. The minimum absolute atomic E-state index is 0. The molecule has 0 bridgehead atoms. The zero-order valence-electron chi connectivity index (χ0n) is 12.6. The molecule has 0 atom stereocenters. The molecular formula is C13H28ClN3O2. The molecule has 114 valence electrons. The van der Waals surface area contributed by atoms with E-state index in [2.05, 4.69) is 10.6 Å². The quantitative estimate of drug-likeness (QED) is 0.688. The molecule has 0 saturated heterocycles. The Morgan fingerprint density at radius 2 is 1.53 bits per heavy atom. The normalized spacial score (nSPS) is 11.5. The first-order chi connectivity index (χ1) is 8.14. The lowest BCUT2D eigenvalue weighted by Gasteiger charge is -2.27. The van der Waals surface area contributed by atoms with Crippen LogP contribution in [0.5, 0.6) is 0 Å². The predicted molar refractivity (Wildman–Crippen MR) is 80.2 cm³/mol. The molecule has 0 aliphatic carbocycles. The van der Waals surface area contributed by atoms with Gasteiger partial charge in [0.25, 0.3) is 0 Å². The van der Waals surface area contributed by atoms with Gasteiger partial charge in [0.2, 0.25) is 11.8 Å². The Kier molecular flexibility index (Phi) is 9.04. The van der Waals surface area contributed by atoms with Crippen LogP contribution in [0, 0.1) is 5.41 Å². The minimum atomic E-state index is -0.481. The van der Waals surface area contributed by atoms with Crippen LogP contribution in [0.1, 0.15) is 47.5 Å². The maximum atomic E-state index is 11.6. The average molecular weight is 294 g/mol. The maximum Gasteiger partial charge on any atom is 0.239 e. The average Bonchev–Trinajstić information content (AvgIpc) is 2.31. The SMILES string of the molecule is CCC(N)(CC)CNC(=O)CNC(=O)C(C)(C)C.Cl. The summed E-state index contributed by atoms with van der Waals surface area (Å²) in [7, 11) is 0. The second-order valence-corrected chi connectivity index (χ2v) is 5.78. The van der Waals surface area contributed by atoms with Crippen molar-refractivity contribution in [2.75, 3.05) is 13.1 Å². The summed E-state index contributed by atoms with van der Waals surface area (Å²) in [6, 6.07) is 0. The van der Waals surface area contributed by atoms with Crippen molar-refractivity contribution in [3.8, 4) is 0 Å². The van der Waals surface area contributed by atoms with E-state index in [1.807, 2.05) is 13.8 Å². The van der Waals surface area contributed by atoms with Gasteiger partial charge in [0.05, 0.1) is 6.54 Å². The molecule has 19 heavy (non-hydrogen) atoms. The fraction of sp³-hybridized carbons (Fsp3) is 0.846. The van der Waals surface area contributed by atoms with Crippen LogP contribution in [0.2, 0.25) is 0 Å². The second-order valence-electron chi connectivity index (χ2n) is 5.78. The van der Waals surface area contributed by atoms with Crippen LogP contribution in [0.15, 0.2) is 0 Å². The lowest BCUT2D eigenvalue weighted by Crippen LogP contribution is -2.51. The van der Waals surface area contributed by atoms with Gasteiger partial charge in [-0.15, -0.1) is 12.4 Å². The third kappa shape index (κ3) is 8.06. The van der Waals surface area contributed by atoms with Crippen LogP contribution in [-0.4, -0.2) is 30.4 Å². The number of halogens is 1. The molecule has 0 saturated carbocycles. The van der Waals surface area contributed by atoms with E-state index in [9.17, 15) is 9.59 Å². The van der Waals surface area contributed by atoms with E-state index in [0.29, 0.717) is 6.54 Å². The number of rotatable bonds is 6. The molecule has 0 aromatic carbocycles. The summed E-state index contributed by atoms with van der Waals surface area (Å²) >= 11 is 0. The molecule has 4 N–H and O–H groups in total. The van der Waals surface area contributed by atoms with Gasteiger partial charge in [-0.2, -0.15) is 0 Å². The van der Waals surface area contributed by atoms with Gasteiger partial charge in [-0.1, -0.05) is 34.6 Å². The zero-order valence-corrected chi connectivity index (χ0v) is 13.4. The van der Waals surface area contributed by atoms with E-state index < -0.39 is 5.41 Å². The fourth-order valence-corrected chi connectivity index (χ4v) is 1.26. The van der Waals surface area contributed by atoms with Crippen LogP contribution < -0.4 is 16.4 Å². The third-order valence-corrected chi connectivity index (χ3v) is 3.14. The van der Waals surface area contributed by atoms with Crippen molar-refractivity contribution < 1.29 is 9.59 Å². The van der Waals surface area contributed by atoms with Crippen molar-refractivity contribution in [2.45, 2.75) is 53.0 Å².